The maximum Gasteiger partial charge on any atom is 0.220 e. The summed E-state index contributed by atoms with van der Waals surface area (Å²) >= 11 is 0. The SMILES string of the molecule is COc1cccc([C@H](CNC(=O)CCc2ccc(-c3ccccc3)o2)N(C)C)c1. The second-order valence-corrected chi connectivity index (χ2v) is 7.19. The average Bonchev–Trinajstić information content (AvgIpc) is 3.22. The van der Waals surface area contributed by atoms with Crippen LogP contribution in [0.15, 0.2) is 71.1 Å². The van der Waals surface area contributed by atoms with E-state index in [4.69, 9.17) is 9.15 Å². The summed E-state index contributed by atoms with van der Waals surface area (Å²) in [6, 6.07) is 21.9. The molecule has 1 heterocycles. The third-order valence-electron chi connectivity index (χ3n) is 4.91. The second kappa shape index (κ2) is 9.94. The summed E-state index contributed by atoms with van der Waals surface area (Å²) in [6.45, 7) is 0.534. The first-order valence-electron chi connectivity index (χ1n) is 9.78. The summed E-state index contributed by atoms with van der Waals surface area (Å²) in [7, 11) is 5.66. The molecule has 0 bridgehead atoms. The van der Waals surface area contributed by atoms with Crippen LogP contribution in [0.2, 0.25) is 0 Å². The summed E-state index contributed by atoms with van der Waals surface area (Å²) < 4.78 is 11.2. The Balaban J connectivity index is 1.53. The molecule has 152 valence electrons. The first kappa shape index (κ1) is 20.7. The van der Waals surface area contributed by atoms with E-state index in [-0.39, 0.29) is 11.9 Å². The van der Waals surface area contributed by atoms with Crippen LogP contribution < -0.4 is 10.1 Å². The van der Waals surface area contributed by atoms with E-state index in [1.807, 2.05) is 80.8 Å². The van der Waals surface area contributed by atoms with E-state index in [2.05, 4.69) is 10.2 Å². The Morgan fingerprint density at radius 3 is 2.59 bits per heavy atom. The van der Waals surface area contributed by atoms with Crippen molar-refractivity contribution in [3.8, 4) is 17.1 Å². The number of benzene rings is 2. The predicted octanol–water partition coefficient (Wildman–Crippen LogP) is 4.31. The Hall–Kier alpha value is -3.05. The summed E-state index contributed by atoms with van der Waals surface area (Å²) in [5.74, 6) is 2.47. The van der Waals surface area contributed by atoms with Gasteiger partial charge in [-0.05, 0) is 43.9 Å². The van der Waals surface area contributed by atoms with Crippen LogP contribution in [0, 0.1) is 0 Å². The molecule has 29 heavy (non-hydrogen) atoms. The van der Waals surface area contributed by atoms with Gasteiger partial charge in [0.2, 0.25) is 5.91 Å². The monoisotopic (exact) mass is 392 g/mol. The zero-order valence-electron chi connectivity index (χ0n) is 17.2. The molecule has 5 heteroatoms. The molecular weight excluding hydrogens is 364 g/mol. The van der Waals surface area contributed by atoms with Gasteiger partial charge in [0.25, 0.3) is 0 Å². The predicted molar refractivity (Wildman–Crippen MR) is 115 cm³/mol. The smallest absolute Gasteiger partial charge is 0.220 e. The second-order valence-electron chi connectivity index (χ2n) is 7.19. The number of hydrogen-bond donors (Lipinski definition) is 1. The Labute approximate surface area is 172 Å². The fourth-order valence-corrected chi connectivity index (χ4v) is 3.25. The van der Waals surface area contributed by atoms with Crippen LogP contribution in [0.5, 0.6) is 5.75 Å². The van der Waals surface area contributed by atoms with E-state index in [1.54, 1.807) is 7.11 Å². The van der Waals surface area contributed by atoms with Crippen molar-refractivity contribution in [3.05, 3.63) is 78.1 Å². The number of ether oxygens (including phenoxy) is 1. The van der Waals surface area contributed by atoms with Crippen molar-refractivity contribution in [2.75, 3.05) is 27.7 Å². The molecule has 0 aliphatic carbocycles. The zero-order valence-corrected chi connectivity index (χ0v) is 17.2. The lowest BCUT2D eigenvalue weighted by Crippen LogP contribution is -2.34. The Bertz CT molecular complexity index is 919. The molecule has 1 N–H and O–H groups in total. The van der Waals surface area contributed by atoms with Gasteiger partial charge in [0.1, 0.15) is 17.3 Å². The molecule has 1 atom stereocenters. The van der Waals surface area contributed by atoms with Crippen LogP contribution in [-0.2, 0) is 11.2 Å². The highest BCUT2D eigenvalue weighted by atomic mass is 16.5. The normalized spacial score (nSPS) is 12.0. The number of furan rings is 1. The van der Waals surface area contributed by atoms with Crippen molar-refractivity contribution in [1.82, 2.24) is 10.2 Å². The average molecular weight is 392 g/mol. The highest BCUT2D eigenvalue weighted by Crippen LogP contribution is 2.23. The zero-order chi connectivity index (χ0) is 20.6. The molecular formula is C24H28N2O3. The molecule has 0 aliphatic heterocycles. The third kappa shape index (κ3) is 5.72. The molecule has 3 aromatic rings. The fraction of sp³-hybridized carbons (Fsp3) is 0.292. The van der Waals surface area contributed by atoms with Gasteiger partial charge in [0, 0.05) is 24.9 Å². The van der Waals surface area contributed by atoms with Gasteiger partial charge < -0.3 is 19.4 Å². The Morgan fingerprint density at radius 1 is 1.07 bits per heavy atom. The highest BCUT2D eigenvalue weighted by Gasteiger charge is 2.16. The van der Waals surface area contributed by atoms with Crippen molar-refractivity contribution in [3.63, 3.8) is 0 Å². The van der Waals surface area contributed by atoms with Gasteiger partial charge in [-0.15, -0.1) is 0 Å². The minimum Gasteiger partial charge on any atom is -0.497 e. The molecule has 0 fully saturated rings. The number of nitrogens with one attached hydrogen (secondary N) is 1. The van der Waals surface area contributed by atoms with Crippen LogP contribution in [0.1, 0.15) is 23.8 Å². The molecule has 0 saturated carbocycles. The molecule has 2 aromatic carbocycles. The van der Waals surface area contributed by atoms with Crippen molar-refractivity contribution in [2.45, 2.75) is 18.9 Å². The number of aryl methyl sites for hydroxylation is 1. The lowest BCUT2D eigenvalue weighted by molar-refractivity contribution is -0.121. The number of carbonyl (C=O) groups is 1. The largest absolute Gasteiger partial charge is 0.497 e. The van der Waals surface area contributed by atoms with Crippen molar-refractivity contribution in [2.24, 2.45) is 0 Å². The first-order chi connectivity index (χ1) is 14.1. The van der Waals surface area contributed by atoms with Crippen LogP contribution in [0.3, 0.4) is 0 Å². The molecule has 0 unspecified atom stereocenters. The van der Waals surface area contributed by atoms with Gasteiger partial charge in [0.05, 0.1) is 13.2 Å². The topological polar surface area (TPSA) is 54.7 Å². The van der Waals surface area contributed by atoms with Crippen LogP contribution in [-0.4, -0.2) is 38.6 Å². The van der Waals surface area contributed by atoms with E-state index in [9.17, 15) is 4.79 Å². The van der Waals surface area contributed by atoms with Crippen LogP contribution in [0.25, 0.3) is 11.3 Å². The van der Waals surface area contributed by atoms with Gasteiger partial charge in [-0.25, -0.2) is 0 Å². The molecule has 0 saturated heterocycles. The lowest BCUT2D eigenvalue weighted by Gasteiger charge is -2.25. The van der Waals surface area contributed by atoms with Crippen LogP contribution in [0.4, 0.5) is 0 Å². The molecule has 1 aromatic heterocycles. The summed E-state index contributed by atoms with van der Waals surface area (Å²) in [4.78, 5) is 14.5. The maximum absolute atomic E-state index is 12.4. The van der Waals surface area contributed by atoms with Gasteiger partial charge in [-0.2, -0.15) is 0 Å². The van der Waals surface area contributed by atoms with E-state index in [1.165, 1.54) is 0 Å². The lowest BCUT2D eigenvalue weighted by atomic mass is 10.1. The molecule has 0 radical (unpaired) electrons. The maximum atomic E-state index is 12.4. The van der Waals surface area contributed by atoms with Crippen LogP contribution >= 0.6 is 0 Å². The number of likely N-dealkylation sites (N-methyl/N-ethyl adjacent to an activating group) is 1. The summed E-state index contributed by atoms with van der Waals surface area (Å²) in [5, 5.41) is 3.05. The molecule has 0 spiro atoms. The molecule has 0 aliphatic rings. The van der Waals surface area contributed by atoms with E-state index in [0.29, 0.717) is 19.4 Å². The molecule has 1 amide bonds. The Morgan fingerprint density at radius 2 is 1.86 bits per heavy atom. The third-order valence-corrected chi connectivity index (χ3v) is 4.91. The number of rotatable bonds is 9. The van der Waals surface area contributed by atoms with Gasteiger partial charge in [-0.3, -0.25) is 4.79 Å². The van der Waals surface area contributed by atoms with E-state index in [0.717, 1.165) is 28.4 Å². The minimum atomic E-state index is 0.0115. The highest BCUT2D eigenvalue weighted by molar-refractivity contribution is 5.76. The molecule has 3 rings (SSSR count). The van der Waals surface area contributed by atoms with E-state index < -0.39 is 0 Å². The summed E-state index contributed by atoms with van der Waals surface area (Å²) in [5.41, 5.74) is 2.14. The fourth-order valence-electron chi connectivity index (χ4n) is 3.25. The number of carbonyl (C=O) groups excluding carboxylic acids is 1. The first-order valence-corrected chi connectivity index (χ1v) is 9.78. The number of nitrogens with zero attached hydrogens (tertiary/aromatic N) is 1. The summed E-state index contributed by atoms with van der Waals surface area (Å²) in [6.07, 6.45) is 0.963. The number of amides is 1. The minimum absolute atomic E-state index is 0.0115. The van der Waals surface area contributed by atoms with Crippen molar-refractivity contribution < 1.29 is 13.9 Å². The molecule has 5 nitrogen and oxygen atoms in total. The van der Waals surface area contributed by atoms with Crippen molar-refractivity contribution >= 4 is 5.91 Å². The van der Waals surface area contributed by atoms with Crippen molar-refractivity contribution in [1.29, 1.82) is 0 Å². The van der Waals surface area contributed by atoms with E-state index >= 15 is 0 Å². The van der Waals surface area contributed by atoms with Gasteiger partial charge >= 0.3 is 0 Å². The van der Waals surface area contributed by atoms with Gasteiger partial charge in [0.15, 0.2) is 0 Å². The number of methoxy groups -OCH3 is 1. The quantitative estimate of drug-likeness (QED) is 0.590. The Kier molecular flexibility index (Phi) is 7.09. The van der Waals surface area contributed by atoms with Gasteiger partial charge in [-0.1, -0.05) is 42.5 Å². The standard InChI is InChI=1S/C24H28N2O3/c1-26(2)22(19-10-7-11-21(16-19)28-3)17-25-24(27)15-13-20-12-14-23(29-20)18-8-5-4-6-9-18/h4-12,14,16,22H,13,15,17H2,1-3H3,(H,25,27)/t22-/m0/s1. The number of hydrogen-bond acceptors (Lipinski definition) is 4.